The van der Waals surface area contributed by atoms with Crippen LogP contribution in [0.25, 0.3) is 0 Å². The van der Waals surface area contributed by atoms with Gasteiger partial charge in [0.1, 0.15) is 5.82 Å². The summed E-state index contributed by atoms with van der Waals surface area (Å²) in [6.07, 6.45) is 2.55. The van der Waals surface area contributed by atoms with Gasteiger partial charge in [-0.15, -0.1) is 22.7 Å². The van der Waals surface area contributed by atoms with E-state index in [0.29, 0.717) is 17.1 Å². The topological polar surface area (TPSA) is 54.9 Å². The van der Waals surface area contributed by atoms with Crippen LogP contribution >= 0.6 is 22.7 Å². The number of nitrogens with zero attached hydrogens (tertiary/aromatic N) is 2. The van der Waals surface area contributed by atoms with E-state index in [1.165, 1.54) is 28.7 Å². The van der Waals surface area contributed by atoms with Crippen LogP contribution in [0.4, 0.5) is 9.52 Å². The fourth-order valence-electron chi connectivity index (χ4n) is 2.21. The summed E-state index contributed by atoms with van der Waals surface area (Å²) in [5, 5.41) is 6.16. The number of carbonyl (C=O) groups excluding carboxylic acids is 1. The largest absolute Gasteiger partial charge is 0.302 e. The first-order valence-electron chi connectivity index (χ1n) is 7.40. The van der Waals surface area contributed by atoms with Crippen molar-refractivity contribution in [3.8, 4) is 0 Å². The Balaban J connectivity index is 1.60. The Kier molecular flexibility index (Phi) is 5.01. The van der Waals surface area contributed by atoms with Gasteiger partial charge in [-0.2, -0.15) is 0 Å². The molecule has 0 aliphatic rings. The highest BCUT2D eigenvalue weighted by atomic mass is 32.1. The van der Waals surface area contributed by atoms with Crippen molar-refractivity contribution in [2.45, 2.75) is 26.7 Å². The third-order valence-electron chi connectivity index (χ3n) is 3.42. The average molecular weight is 361 g/mol. The number of nitrogens with one attached hydrogen (secondary N) is 1. The lowest BCUT2D eigenvalue weighted by molar-refractivity contribution is -0.115. The molecule has 1 N–H and O–H groups in total. The second-order valence-corrected chi connectivity index (χ2v) is 7.65. The maximum absolute atomic E-state index is 13.6. The lowest BCUT2D eigenvalue weighted by atomic mass is 10.1. The molecule has 124 valence electrons. The number of aromatic nitrogens is 2. The summed E-state index contributed by atoms with van der Waals surface area (Å²) in [6.45, 7) is 3.65. The molecule has 0 aliphatic heterocycles. The highest BCUT2D eigenvalue weighted by molar-refractivity contribution is 7.15. The Hall–Kier alpha value is -2.12. The van der Waals surface area contributed by atoms with E-state index in [-0.39, 0.29) is 18.1 Å². The molecule has 24 heavy (non-hydrogen) atoms. The van der Waals surface area contributed by atoms with Crippen molar-refractivity contribution in [1.82, 2.24) is 9.97 Å². The summed E-state index contributed by atoms with van der Waals surface area (Å²) in [4.78, 5) is 21.5. The number of carbonyl (C=O) groups is 1. The van der Waals surface area contributed by atoms with Crippen molar-refractivity contribution in [2.24, 2.45) is 0 Å². The van der Waals surface area contributed by atoms with Gasteiger partial charge >= 0.3 is 0 Å². The molecule has 0 fully saturated rings. The van der Waals surface area contributed by atoms with E-state index >= 15 is 0 Å². The monoisotopic (exact) mass is 361 g/mol. The van der Waals surface area contributed by atoms with Crippen molar-refractivity contribution in [3.63, 3.8) is 0 Å². The van der Waals surface area contributed by atoms with Crippen molar-refractivity contribution in [2.75, 3.05) is 5.32 Å². The molecule has 0 atom stereocenters. The number of hydrogen-bond acceptors (Lipinski definition) is 5. The van der Waals surface area contributed by atoms with E-state index in [9.17, 15) is 9.18 Å². The summed E-state index contributed by atoms with van der Waals surface area (Å²) < 4.78 is 13.6. The quantitative estimate of drug-likeness (QED) is 0.743. The van der Waals surface area contributed by atoms with E-state index in [0.717, 1.165) is 21.1 Å². The van der Waals surface area contributed by atoms with Gasteiger partial charge in [0, 0.05) is 22.9 Å². The molecule has 0 spiro atoms. The smallest absolute Gasteiger partial charge is 0.232 e. The van der Waals surface area contributed by atoms with E-state index in [1.807, 2.05) is 18.4 Å². The molecule has 3 rings (SSSR count). The van der Waals surface area contributed by atoms with Gasteiger partial charge in [0.25, 0.3) is 0 Å². The Morgan fingerprint density at radius 2 is 2.17 bits per heavy atom. The molecule has 0 saturated heterocycles. The Bertz CT molecular complexity index is 872. The number of amides is 1. The zero-order valence-corrected chi connectivity index (χ0v) is 14.9. The molecule has 0 bridgehead atoms. The van der Waals surface area contributed by atoms with Gasteiger partial charge in [0.05, 0.1) is 17.1 Å². The second kappa shape index (κ2) is 7.19. The summed E-state index contributed by atoms with van der Waals surface area (Å²) in [5.41, 5.74) is 2.28. The van der Waals surface area contributed by atoms with Crippen LogP contribution in [0.2, 0.25) is 0 Å². The first kappa shape index (κ1) is 16.7. The number of benzene rings is 1. The SMILES string of the molecule is Cc1nc(CC(=O)Nc2ncc(Cc3ccc(C)c(F)c3)s2)cs1. The van der Waals surface area contributed by atoms with E-state index < -0.39 is 0 Å². The number of halogens is 1. The van der Waals surface area contributed by atoms with Crippen LogP contribution in [0.1, 0.15) is 26.7 Å². The van der Waals surface area contributed by atoms with Crippen LogP contribution in [-0.4, -0.2) is 15.9 Å². The molecular weight excluding hydrogens is 345 g/mol. The fraction of sp³-hybridized carbons (Fsp3) is 0.235. The van der Waals surface area contributed by atoms with Crippen molar-refractivity contribution in [3.05, 3.63) is 62.3 Å². The summed E-state index contributed by atoms with van der Waals surface area (Å²) in [5.74, 6) is -0.341. The molecule has 0 aliphatic carbocycles. The van der Waals surface area contributed by atoms with Crippen LogP contribution in [0.15, 0.2) is 29.8 Å². The zero-order valence-electron chi connectivity index (χ0n) is 13.3. The molecule has 7 heteroatoms. The van der Waals surface area contributed by atoms with Crippen LogP contribution in [0.5, 0.6) is 0 Å². The molecular formula is C17H16FN3OS2. The number of hydrogen-bond donors (Lipinski definition) is 1. The lowest BCUT2D eigenvalue weighted by Crippen LogP contribution is -2.14. The lowest BCUT2D eigenvalue weighted by Gasteiger charge is -2.01. The van der Waals surface area contributed by atoms with Crippen molar-refractivity contribution >= 4 is 33.7 Å². The number of aryl methyl sites for hydroxylation is 2. The van der Waals surface area contributed by atoms with Crippen LogP contribution < -0.4 is 5.32 Å². The minimum Gasteiger partial charge on any atom is -0.302 e. The number of thiazole rings is 2. The molecule has 2 heterocycles. The standard InChI is InChI=1S/C17H16FN3OS2/c1-10-3-4-12(6-15(10)18)5-14-8-19-17(24-14)21-16(22)7-13-9-23-11(2)20-13/h3-4,6,8-9H,5,7H2,1-2H3,(H,19,21,22). The van der Waals surface area contributed by atoms with Crippen molar-refractivity contribution in [1.29, 1.82) is 0 Å². The minimum absolute atomic E-state index is 0.136. The molecule has 4 nitrogen and oxygen atoms in total. The normalized spacial score (nSPS) is 10.8. The van der Waals surface area contributed by atoms with E-state index in [1.54, 1.807) is 19.2 Å². The molecule has 0 saturated carbocycles. The molecule has 0 radical (unpaired) electrons. The molecule has 1 aromatic carbocycles. The van der Waals surface area contributed by atoms with Gasteiger partial charge < -0.3 is 5.32 Å². The Morgan fingerprint density at radius 1 is 1.33 bits per heavy atom. The zero-order chi connectivity index (χ0) is 17.1. The Labute approximate surface area is 147 Å². The van der Waals surface area contributed by atoms with Gasteiger partial charge in [0.15, 0.2) is 5.13 Å². The fourth-order valence-corrected chi connectivity index (χ4v) is 3.69. The van der Waals surface area contributed by atoms with Gasteiger partial charge in [-0.25, -0.2) is 14.4 Å². The molecule has 2 aromatic heterocycles. The Morgan fingerprint density at radius 3 is 2.88 bits per heavy atom. The maximum atomic E-state index is 13.6. The highest BCUT2D eigenvalue weighted by Gasteiger charge is 2.10. The van der Waals surface area contributed by atoms with Gasteiger partial charge in [-0.3, -0.25) is 4.79 Å². The van der Waals surface area contributed by atoms with Crippen LogP contribution in [0, 0.1) is 19.7 Å². The highest BCUT2D eigenvalue weighted by Crippen LogP contribution is 2.22. The second-order valence-electron chi connectivity index (χ2n) is 5.47. The summed E-state index contributed by atoms with van der Waals surface area (Å²) in [7, 11) is 0. The van der Waals surface area contributed by atoms with Crippen LogP contribution in [-0.2, 0) is 17.6 Å². The third kappa shape index (κ3) is 4.24. The van der Waals surface area contributed by atoms with Gasteiger partial charge in [-0.05, 0) is 31.0 Å². The van der Waals surface area contributed by atoms with Gasteiger partial charge in [0.2, 0.25) is 5.91 Å². The van der Waals surface area contributed by atoms with Gasteiger partial charge in [-0.1, -0.05) is 12.1 Å². The maximum Gasteiger partial charge on any atom is 0.232 e. The minimum atomic E-state index is -0.205. The van der Waals surface area contributed by atoms with Crippen LogP contribution in [0.3, 0.4) is 0 Å². The van der Waals surface area contributed by atoms with Crippen molar-refractivity contribution < 1.29 is 9.18 Å². The summed E-state index contributed by atoms with van der Waals surface area (Å²) >= 11 is 2.92. The first-order valence-corrected chi connectivity index (χ1v) is 9.10. The van der Waals surface area contributed by atoms with E-state index in [2.05, 4.69) is 15.3 Å². The summed E-state index contributed by atoms with van der Waals surface area (Å²) in [6, 6.07) is 5.21. The first-order chi connectivity index (χ1) is 11.5. The average Bonchev–Trinajstić information content (AvgIpc) is 3.12. The predicted molar refractivity (Wildman–Crippen MR) is 95.2 cm³/mol. The third-order valence-corrected chi connectivity index (χ3v) is 5.16. The number of anilines is 1. The van der Waals surface area contributed by atoms with E-state index in [4.69, 9.17) is 0 Å². The molecule has 0 unspecified atom stereocenters. The molecule has 1 amide bonds. The molecule has 3 aromatic rings. The predicted octanol–water partition coefficient (Wildman–Crippen LogP) is 4.13. The number of rotatable bonds is 5.